The van der Waals surface area contributed by atoms with E-state index in [0.717, 1.165) is 11.1 Å². The number of nitrogens with zero attached hydrogens (tertiary/aromatic N) is 2. The molecule has 6 nitrogen and oxygen atoms in total. The Balaban J connectivity index is 1.86. The predicted octanol–water partition coefficient (Wildman–Crippen LogP) is 5.36. The fourth-order valence-electron chi connectivity index (χ4n) is 4.23. The largest absolute Gasteiger partial charge is 0.507 e. The number of pyridine rings is 1. The van der Waals surface area contributed by atoms with E-state index in [2.05, 4.69) is 18.8 Å². The summed E-state index contributed by atoms with van der Waals surface area (Å²) in [4.78, 5) is 32.4. The normalized spacial score (nSPS) is 17.3. The van der Waals surface area contributed by atoms with E-state index in [1.807, 2.05) is 68.4 Å². The molecule has 2 heterocycles. The lowest BCUT2D eigenvalue weighted by Crippen LogP contribution is -2.29. The lowest BCUT2D eigenvalue weighted by molar-refractivity contribution is -0.140. The molecular formula is C29H30N2O4. The summed E-state index contributed by atoms with van der Waals surface area (Å²) >= 11 is 0. The Kier molecular flexibility index (Phi) is 7.01. The fraction of sp³-hybridized carbons (Fsp3) is 0.276. The molecule has 1 unspecified atom stereocenters. The van der Waals surface area contributed by atoms with E-state index >= 15 is 0 Å². The number of aromatic nitrogens is 1. The van der Waals surface area contributed by atoms with Gasteiger partial charge in [-0.25, -0.2) is 0 Å². The van der Waals surface area contributed by atoms with Crippen LogP contribution in [0.25, 0.3) is 5.76 Å². The van der Waals surface area contributed by atoms with E-state index in [9.17, 15) is 14.7 Å². The monoisotopic (exact) mass is 470 g/mol. The smallest absolute Gasteiger partial charge is 0.296 e. The standard InChI is InChI=1S/C29H30N2O4/c1-18(2)17-35-23-10-7-8-21(15-23)26-25(27(32)24-14-19(3)11-12-20(24)4)28(33)29(34)31(26)16-22-9-5-6-13-30-22/h5-15,18,26,32H,16-17H2,1-4H3/b27-25+. The third-order valence-electron chi connectivity index (χ3n) is 6.00. The summed E-state index contributed by atoms with van der Waals surface area (Å²) in [5.74, 6) is -0.561. The van der Waals surface area contributed by atoms with Crippen LogP contribution in [-0.4, -0.2) is 33.3 Å². The Bertz CT molecular complexity index is 1280. The van der Waals surface area contributed by atoms with Gasteiger partial charge < -0.3 is 14.7 Å². The van der Waals surface area contributed by atoms with Crippen molar-refractivity contribution < 1.29 is 19.4 Å². The van der Waals surface area contributed by atoms with Crippen LogP contribution >= 0.6 is 0 Å². The number of carbonyl (C=O) groups excluding carboxylic acids is 2. The van der Waals surface area contributed by atoms with Gasteiger partial charge in [0.05, 0.1) is 30.5 Å². The minimum Gasteiger partial charge on any atom is -0.507 e. The molecule has 3 aromatic rings. The second-order valence-electron chi connectivity index (χ2n) is 9.34. The van der Waals surface area contributed by atoms with Crippen LogP contribution in [0.5, 0.6) is 5.75 Å². The van der Waals surface area contributed by atoms with E-state index in [4.69, 9.17) is 4.74 Å². The quantitative estimate of drug-likeness (QED) is 0.286. The van der Waals surface area contributed by atoms with Gasteiger partial charge in [-0.15, -0.1) is 0 Å². The summed E-state index contributed by atoms with van der Waals surface area (Å²) in [6.07, 6.45) is 1.65. The number of Topliss-reactive ketones (excluding diaryl/α,β-unsaturated/α-hetero) is 1. The number of aliphatic hydroxyl groups excluding tert-OH is 1. The highest BCUT2D eigenvalue weighted by Crippen LogP contribution is 2.41. The Hall–Kier alpha value is -3.93. The molecule has 2 aromatic carbocycles. The minimum absolute atomic E-state index is 0.0700. The number of aliphatic hydroxyl groups is 1. The molecule has 180 valence electrons. The maximum absolute atomic E-state index is 13.3. The molecule has 1 aliphatic heterocycles. The summed E-state index contributed by atoms with van der Waals surface area (Å²) in [5.41, 5.74) is 3.71. The topological polar surface area (TPSA) is 79.7 Å². The number of hydrogen-bond donors (Lipinski definition) is 1. The third-order valence-corrected chi connectivity index (χ3v) is 6.00. The molecule has 4 rings (SSSR count). The van der Waals surface area contributed by atoms with Gasteiger partial charge in [-0.3, -0.25) is 14.6 Å². The van der Waals surface area contributed by atoms with Crippen LogP contribution in [-0.2, 0) is 16.1 Å². The van der Waals surface area contributed by atoms with Gasteiger partial charge in [0.15, 0.2) is 0 Å². The van der Waals surface area contributed by atoms with Gasteiger partial charge in [0.25, 0.3) is 11.7 Å². The molecule has 0 spiro atoms. The van der Waals surface area contributed by atoms with Crippen molar-refractivity contribution in [1.29, 1.82) is 0 Å². The zero-order chi connectivity index (χ0) is 25.1. The van der Waals surface area contributed by atoms with Crippen molar-refractivity contribution >= 4 is 17.4 Å². The Morgan fingerprint density at radius 3 is 2.57 bits per heavy atom. The average Bonchev–Trinajstić information content (AvgIpc) is 3.09. The summed E-state index contributed by atoms with van der Waals surface area (Å²) in [5, 5.41) is 11.4. The number of carbonyl (C=O) groups is 2. The van der Waals surface area contributed by atoms with Gasteiger partial charge in [0.1, 0.15) is 11.5 Å². The minimum atomic E-state index is -0.778. The van der Waals surface area contributed by atoms with Crippen LogP contribution in [0.4, 0.5) is 0 Å². The molecule has 1 amide bonds. The fourth-order valence-corrected chi connectivity index (χ4v) is 4.23. The lowest BCUT2D eigenvalue weighted by atomic mass is 9.93. The first-order valence-corrected chi connectivity index (χ1v) is 11.7. The predicted molar refractivity (Wildman–Crippen MR) is 135 cm³/mol. The van der Waals surface area contributed by atoms with Crippen LogP contribution in [0.1, 0.15) is 47.8 Å². The highest BCUT2D eigenvalue weighted by atomic mass is 16.5. The van der Waals surface area contributed by atoms with E-state index in [1.54, 1.807) is 12.3 Å². The van der Waals surface area contributed by atoms with E-state index < -0.39 is 17.7 Å². The van der Waals surface area contributed by atoms with Crippen molar-refractivity contribution in [2.45, 2.75) is 40.3 Å². The number of benzene rings is 2. The molecule has 0 aliphatic carbocycles. The summed E-state index contributed by atoms with van der Waals surface area (Å²) < 4.78 is 5.91. The van der Waals surface area contributed by atoms with E-state index in [0.29, 0.717) is 35.1 Å². The first-order valence-electron chi connectivity index (χ1n) is 11.7. The maximum atomic E-state index is 13.3. The van der Waals surface area contributed by atoms with Crippen molar-refractivity contribution in [2.75, 3.05) is 6.61 Å². The number of ketones is 1. The zero-order valence-electron chi connectivity index (χ0n) is 20.5. The zero-order valence-corrected chi connectivity index (χ0v) is 20.5. The van der Waals surface area contributed by atoms with Crippen LogP contribution in [0.2, 0.25) is 0 Å². The highest BCUT2D eigenvalue weighted by Gasteiger charge is 2.46. The SMILES string of the molecule is Cc1ccc(C)c(/C(O)=C2\C(=O)C(=O)N(Cc3ccccn3)C2c2cccc(OCC(C)C)c2)c1. The molecule has 1 atom stereocenters. The number of likely N-dealkylation sites (tertiary alicyclic amines) is 1. The Morgan fingerprint density at radius 2 is 1.86 bits per heavy atom. The number of rotatable bonds is 7. The molecule has 1 fully saturated rings. The first kappa shape index (κ1) is 24.2. The number of aryl methyl sites for hydroxylation is 2. The van der Waals surface area contributed by atoms with E-state index in [1.165, 1.54) is 4.90 Å². The molecule has 1 aliphatic rings. The second-order valence-corrected chi connectivity index (χ2v) is 9.34. The number of amides is 1. The van der Waals surface area contributed by atoms with E-state index in [-0.39, 0.29) is 17.9 Å². The molecule has 1 aromatic heterocycles. The lowest BCUT2D eigenvalue weighted by Gasteiger charge is -2.25. The molecule has 35 heavy (non-hydrogen) atoms. The summed E-state index contributed by atoms with van der Waals surface area (Å²) in [6.45, 7) is 8.60. The van der Waals surface area contributed by atoms with Gasteiger partial charge in [-0.05, 0) is 61.2 Å². The van der Waals surface area contributed by atoms with Gasteiger partial charge in [0, 0.05) is 11.8 Å². The highest BCUT2D eigenvalue weighted by molar-refractivity contribution is 6.46. The van der Waals surface area contributed by atoms with Crippen molar-refractivity contribution in [1.82, 2.24) is 9.88 Å². The molecule has 0 saturated carbocycles. The van der Waals surface area contributed by atoms with Crippen molar-refractivity contribution in [3.8, 4) is 5.75 Å². The van der Waals surface area contributed by atoms with Gasteiger partial charge >= 0.3 is 0 Å². The van der Waals surface area contributed by atoms with Crippen molar-refractivity contribution in [3.63, 3.8) is 0 Å². The van der Waals surface area contributed by atoms with Crippen molar-refractivity contribution in [2.24, 2.45) is 5.92 Å². The van der Waals surface area contributed by atoms with Crippen LogP contribution in [0, 0.1) is 19.8 Å². The molecule has 1 N–H and O–H groups in total. The summed E-state index contributed by atoms with van der Waals surface area (Å²) in [6, 6.07) is 17.7. The number of hydrogen-bond acceptors (Lipinski definition) is 5. The number of ether oxygens (including phenoxy) is 1. The van der Waals surface area contributed by atoms with Gasteiger partial charge in [0.2, 0.25) is 0 Å². The maximum Gasteiger partial charge on any atom is 0.296 e. The van der Waals surface area contributed by atoms with Gasteiger partial charge in [-0.1, -0.05) is 49.7 Å². The van der Waals surface area contributed by atoms with Crippen molar-refractivity contribution in [3.05, 3.63) is 100 Å². The van der Waals surface area contributed by atoms with Crippen LogP contribution < -0.4 is 4.74 Å². The Morgan fingerprint density at radius 1 is 1.06 bits per heavy atom. The second kappa shape index (κ2) is 10.1. The molecule has 6 heteroatoms. The summed E-state index contributed by atoms with van der Waals surface area (Å²) in [7, 11) is 0. The molecule has 0 bridgehead atoms. The Labute approximate surface area is 205 Å². The average molecular weight is 471 g/mol. The first-order chi connectivity index (χ1) is 16.8. The molecule has 1 saturated heterocycles. The van der Waals surface area contributed by atoms with Gasteiger partial charge in [-0.2, -0.15) is 0 Å². The van der Waals surface area contributed by atoms with Crippen LogP contribution in [0.3, 0.4) is 0 Å². The molecular weight excluding hydrogens is 440 g/mol. The molecule has 0 radical (unpaired) electrons. The van der Waals surface area contributed by atoms with Crippen LogP contribution in [0.15, 0.2) is 72.4 Å². The third kappa shape index (κ3) is 5.11.